The van der Waals surface area contributed by atoms with Gasteiger partial charge in [0.05, 0.1) is 51.0 Å². The molecule has 5 amide bonds. The Morgan fingerprint density at radius 2 is 0.812 bits per heavy atom. The second-order valence-electron chi connectivity index (χ2n) is 22.5. The number of amides is 5. The molecule has 0 aliphatic carbocycles. The first-order valence-electron chi connectivity index (χ1n) is 30.3. The summed E-state index contributed by atoms with van der Waals surface area (Å²) < 4.78 is 69.6. The van der Waals surface area contributed by atoms with Crippen LogP contribution in [0.1, 0.15) is 122 Å². The van der Waals surface area contributed by atoms with Gasteiger partial charge in [-0.05, 0) is 247 Å². The van der Waals surface area contributed by atoms with E-state index >= 15 is 0 Å². The van der Waals surface area contributed by atoms with Gasteiger partial charge in [0.1, 0.15) is 36.4 Å². The van der Waals surface area contributed by atoms with Crippen LogP contribution in [0.25, 0.3) is 0 Å². The summed E-state index contributed by atoms with van der Waals surface area (Å²) in [5, 5.41) is 19.2. The number of carboxylic acid groups (broad SMARTS) is 1. The van der Waals surface area contributed by atoms with Gasteiger partial charge in [-0.15, -0.1) is 0 Å². The minimum atomic E-state index is -3.39. The normalized spacial score (nSPS) is 12.1. The number of benzene rings is 6. The summed E-state index contributed by atoms with van der Waals surface area (Å²) in [4.78, 5) is 92.4. The SMILES string of the molecule is CCOP(=O)(C#N)OCC.Cc1c(C)c(C)c(COC(=O)c2ccc([18F])cc2)c(C)c1C.Cc1c(C)c(C)c(COC(=O)c2ccc([N+](C)(C)C)cc2)c(C)c1C.NCCN1C(=O)C=CC1=O.O=C(NCCN1C(=O)C=CC1=O)c1ccc([18F])cc1.O=C(O)c1ccc([18F])cc1. The molecule has 0 radical (unpaired) electrons. The number of carbonyl (C=O) groups is 8. The largest absolute Gasteiger partial charge is 0.478 e. The van der Waals surface area contributed by atoms with Crippen LogP contribution in [0.4, 0.5) is 18.9 Å². The van der Waals surface area contributed by atoms with Crippen LogP contribution >= 0.6 is 7.60 Å². The van der Waals surface area contributed by atoms with E-state index in [2.05, 4.69) is 105 Å². The molecule has 0 saturated heterocycles. The zero-order chi connectivity index (χ0) is 72.4. The van der Waals surface area contributed by atoms with Crippen molar-refractivity contribution in [2.75, 3.05) is 60.5 Å². The van der Waals surface area contributed by atoms with Gasteiger partial charge in [0.25, 0.3) is 29.5 Å². The third-order valence-electron chi connectivity index (χ3n) is 15.7. The highest BCUT2D eigenvalue weighted by Crippen LogP contribution is 2.46. The number of quaternary nitrogens is 1. The monoisotopic (exact) mass is 1340 g/mol. The van der Waals surface area contributed by atoms with Crippen LogP contribution in [0.5, 0.6) is 0 Å². The summed E-state index contributed by atoms with van der Waals surface area (Å²) >= 11 is 0. The maximum absolute atomic E-state index is 12.9. The van der Waals surface area contributed by atoms with E-state index in [1.54, 1.807) is 13.8 Å². The van der Waals surface area contributed by atoms with E-state index in [0.29, 0.717) is 36.4 Å². The number of carbonyl (C=O) groups excluding carboxylic acids is 7. The predicted molar refractivity (Wildman–Crippen MR) is 360 cm³/mol. The molecule has 24 heteroatoms. The summed E-state index contributed by atoms with van der Waals surface area (Å²) in [6.07, 6.45) is 4.87. The summed E-state index contributed by atoms with van der Waals surface area (Å²) in [6, 6.07) is 22.8. The van der Waals surface area contributed by atoms with E-state index in [0.717, 1.165) is 54.4 Å². The highest BCUT2D eigenvalue weighted by Gasteiger charge is 2.25. The molecule has 2 heterocycles. The molecule has 0 atom stereocenters. The van der Waals surface area contributed by atoms with Crippen molar-refractivity contribution in [3.8, 4) is 5.81 Å². The molecule has 0 fully saturated rings. The van der Waals surface area contributed by atoms with Crippen LogP contribution in [0.15, 0.2) is 121 Å². The Morgan fingerprint density at radius 1 is 0.510 bits per heavy atom. The standard InChI is InChI=1S/C22H30NO2.C19H21FO2.C13H11FN2O3.C7H5FO2.C6H8N2O2.C5H10NO3P/c1-14-15(2)17(4)21(18(5)16(14)3)13-25-22(24)19-9-11-20(12-10-19)23(6,7)8;1-11-12(2)14(4)18(15(5)13(11)3)10-22-19(21)16-6-8-17(20)9-7-16;14-10-3-1-9(2-4-10)13(19)15-7-8-16-11(17)5-6-12(16)18;8-6-3-1-5(2-4-6)7(9)10;7-3-4-8-5(9)1-2-6(8)10;1-3-8-10(7,5-6)9-4-2/h9-12H,13H2,1-8H3;6-9H,10H2,1-5H3;1-6H,7-8H2,(H,15,19);1-4H,(H,9,10);1-2H,3-4,7H2;3-4H2,1-2H3/q+1;;;;;/i;20-1;14-1;8-1;;. The third kappa shape index (κ3) is 23.9. The Balaban J connectivity index is 0.000000312. The van der Waals surface area contributed by atoms with Crippen LogP contribution in [-0.4, -0.2) is 123 Å². The molecule has 512 valence electrons. The fraction of sp³-hybridized carbons (Fsp3) is 0.319. The van der Waals surface area contributed by atoms with Crippen LogP contribution in [0, 0.1) is 97.8 Å². The molecule has 0 saturated carbocycles. The number of halogens is 3. The molecule has 20 nitrogen and oxygen atoms in total. The number of ether oxygens (including phenoxy) is 2. The van der Waals surface area contributed by atoms with Crippen molar-refractivity contribution in [3.63, 3.8) is 0 Å². The molecule has 0 spiro atoms. The zero-order valence-electron chi connectivity index (χ0n) is 56.9. The molecule has 0 aromatic heterocycles. The Kier molecular flexibility index (Phi) is 31.9. The number of aromatic carboxylic acids is 1. The molecular weight excluding hydrogens is 1260 g/mol. The van der Waals surface area contributed by atoms with E-state index in [1.165, 1.54) is 135 Å². The van der Waals surface area contributed by atoms with E-state index in [-0.39, 0.29) is 79.8 Å². The first-order chi connectivity index (χ1) is 45.1. The topological polar surface area (TPSA) is 279 Å². The first kappa shape index (κ1) is 80.5. The lowest BCUT2D eigenvalue weighted by Gasteiger charge is -2.23. The van der Waals surface area contributed by atoms with Crippen LogP contribution in [0.3, 0.4) is 0 Å². The molecular formula is C72H85F3N6O14P+. The van der Waals surface area contributed by atoms with Gasteiger partial charge in [-0.25, -0.2) is 32.1 Å². The molecule has 6 aromatic carbocycles. The smallest absolute Gasteiger partial charge is 0.431 e. The number of nitrogens with two attached hydrogens (primary N) is 1. The van der Waals surface area contributed by atoms with Crippen molar-refractivity contribution in [1.29, 1.82) is 5.26 Å². The van der Waals surface area contributed by atoms with E-state index in [1.807, 2.05) is 24.3 Å². The quantitative estimate of drug-likeness (QED) is 0.0312. The lowest BCUT2D eigenvalue weighted by atomic mass is 9.90. The van der Waals surface area contributed by atoms with Crippen LogP contribution < -0.4 is 15.5 Å². The molecule has 0 unspecified atom stereocenters. The molecule has 6 aromatic rings. The Hall–Kier alpha value is -9.69. The number of nitrogens with zero attached hydrogens (tertiary/aromatic N) is 4. The van der Waals surface area contributed by atoms with Crippen molar-refractivity contribution in [2.45, 2.75) is 96.3 Å². The Bertz CT molecular complexity index is 3810. The van der Waals surface area contributed by atoms with Crippen molar-refractivity contribution in [3.05, 3.63) is 228 Å². The van der Waals surface area contributed by atoms with Gasteiger partial charge < -0.3 is 25.6 Å². The number of imide groups is 2. The zero-order valence-corrected chi connectivity index (χ0v) is 57.8. The van der Waals surface area contributed by atoms with Gasteiger partial charge in [0.15, 0.2) is 5.81 Å². The van der Waals surface area contributed by atoms with Crippen molar-refractivity contribution < 1.29 is 79.7 Å². The minimum Gasteiger partial charge on any atom is -0.478 e. The number of esters is 2. The second kappa shape index (κ2) is 38.0. The number of hydrogen-bond acceptors (Lipinski definition) is 15. The number of rotatable bonds is 18. The average molecular weight is 1340 g/mol. The average Bonchev–Trinajstić information content (AvgIpc) is 1.03. The fourth-order valence-corrected chi connectivity index (χ4v) is 9.98. The van der Waals surface area contributed by atoms with Crippen LogP contribution in [-0.2, 0) is 55.5 Å². The summed E-state index contributed by atoms with van der Waals surface area (Å²) in [5.74, 6) is -3.17. The van der Waals surface area contributed by atoms with E-state index in [9.17, 15) is 56.1 Å². The third-order valence-corrected chi connectivity index (χ3v) is 17.1. The summed E-state index contributed by atoms with van der Waals surface area (Å²) in [5.41, 5.74) is 22.2. The highest BCUT2D eigenvalue weighted by atomic mass is 31.2. The molecule has 0 bridgehead atoms. The van der Waals surface area contributed by atoms with Crippen LogP contribution in [0.2, 0.25) is 0 Å². The first-order valence-corrected chi connectivity index (χ1v) is 31.9. The van der Waals surface area contributed by atoms with E-state index in [4.69, 9.17) is 25.6 Å². The van der Waals surface area contributed by atoms with Gasteiger partial charge in [0.2, 0.25) is 0 Å². The minimum absolute atomic E-state index is 0.0985. The van der Waals surface area contributed by atoms with Crippen molar-refractivity contribution in [2.24, 2.45) is 5.73 Å². The number of nitriles is 1. The molecule has 2 aliphatic rings. The lowest BCUT2D eigenvalue weighted by Crippen LogP contribution is -2.38. The molecule has 8 rings (SSSR count). The van der Waals surface area contributed by atoms with E-state index < -0.39 is 31.2 Å². The fourth-order valence-electron chi connectivity index (χ4n) is 9.11. The number of carboxylic acids is 1. The predicted octanol–water partition coefficient (Wildman–Crippen LogP) is 12.1. The summed E-state index contributed by atoms with van der Waals surface area (Å²) in [7, 11) is 2.90. The van der Waals surface area contributed by atoms with Gasteiger partial charge in [-0.3, -0.25) is 47.3 Å². The maximum atomic E-state index is 12.9. The Labute approximate surface area is 559 Å². The molecule has 2 aliphatic heterocycles. The number of hydrogen-bond donors (Lipinski definition) is 3. The summed E-state index contributed by atoms with van der Waals surface area (Å²) in [6.45, 7) is 26.2. The van der Waals surface area contributed by atoms with Gasteiger partial charge in [-0.2, -0.15) is 5.26 Å². The lowest BCUT2D eigenvalue weighted by molar-refractivity contribution is -0.138. The van der Waals surface area contributed by atoms with Crippen molar-refractivity contribution in [1.82, 2.24) is 19.6 Å². The molecule has 96 heavy (non-hydrogen) atoms. The van der Waals surface area contributed by atoms with Crippen molar-refractivity contribution >= 4 is 60.7 Å². The second-order valence-corrected chi connectivity index (χ2v) is 24.3. The maximum Gasteiger partial charge on any atom is 0.431 e. The van der Waals surface area contributed by atoms with Gasteiger partial charge in [-0.1, -0.05) is 0 Å². The number of nitrogens with one attached hydrogen (secondary N) is 1. The molecule has 4 N–H and O–H groups in total. The van der Waals surface area contributed by atoms with Gasteiger partial charge >= 0.3 is 25.5 Å². The van der Waals surface area contributed by atoms with Gasteiger partial charge in [0, 0.05) is 56.0 Å². The Morgan fingerprint density at radius 3 is 1.11 bits per heavy atom. The highest BCUT2D eigenvalue weighted by molar-refractivity contribution is 7.59.